The van der Waals surface area contributed by atoms with E-state index in [1.165, 1.54) is 0 Å². The van der Waals surface area contributed by atoms with E-state index in [1.54, 1.807) is 4.68 Å². The molecule has 0 saturated carbocycles. The number of halogens is 1. The highest BCUT2D eigenvalue weighted by atomic mass is 35.5. The second-order valence-corrected chi connectivity index (χ2v) is 5.06. The topological polar surface area (TPSA) is 53.0 Å². The predicted octanol–water partition coefficient (Wildman–Crippen LogP) is 2.42. The molecule has 2 aromatic rings. The third kappa shape index (κ3) is 2.68. The molecule has 0 aliphatic carbocycles. The van der Waals surface area contributed by atoms with E-state index in [9.17, 15) is 4.79 Å². The second-order valence-electron chi connectivity index (χ2n) is 4.63. The zero-order valence-corrected chi connectivity index (χ0v) is 11.9. The molecule has 0 radical (unpaired) electrons. The highest BCUT2D eigenvalue weighted by Crippen LogP contribution is 2.14. The number of nitrogens with zero attached hydrogens (tertiary/aromatic N) is 2. The van der Waals surface area contributed by atoms with E-state index in [-0.39, 0.29) is 5.56 Å². The van der Waals surface area contributed by atoms with Crippen molar-refractivity contribution >= 4 is 17.3 Å². The third-order valence-electron chi connectivity index (χ3n) is 3.24. The minimum absolute atomic E-state index is 0.133. The first-order valence-corrected chi connectivity index (χ1v) is 6.71. The van der Waals surface area contributed by atoms with Gasteiger partial charge in [-0.3, -0.25) is 9.48 Å². The smallest absolute Gasteiger partial charge is 0.290 e. The molecule has 2 rings (SSSR count). The molecule has 102 valence electrons. The molecular weight excluding hydrogens is 262 g/mol. The van der Waals surface area contributed by atoms with E-state index in [4.69, 9.17) is 17.3 Å². The van der Waals surface area contributed by atoms with Crippen LogP contribution in [-0.2, 0) is 20.0 Å². The van der Waals surface area contributed by atoms with Crippen LogP contribution in [0.2, 0.25) is 5.02 Å². The lowest BCUT2D eigenvalue weighted by atomic mass is 10.2. The number of hydrogen-bond donors (Lipinski definition) is 1. The van der Waals surface area contributed by atoms with Crippen LogP contribution in [-0.4, -0.2) is 9.36 Å². The molecule has 5 heteroatoms. The van der Waals surface area contributed by atoms with Crippen molar-refractivity contribution in [1.82, 2.24) is 9.36 Å². The monoisotopic (exact) mass is 279 g/mol. The normalized spacial score (nSPS) is 10.9. The van der Waals surface area contributed by atoms with Crippen LogP contribution in [0.3, 0.4) is 0 Å². The summed E-state index contributed by atoms with van der Waals surface area (Å²) in [5.41, 5.74) is 8.00. The number of nitrogen functional groups attached to an aromatic ring is 1. The minimum atomic E-state index is -0.133. The van der Waals surface area contributed by atoms with E-state index in [2.05, 4.69) is 6.92 Å². The number of anilines is 1. The molecule has 0 aliphatic rings. The third-order valence-corrected chi connectivity index (χ3v) is 3.47. The zero-order valence-electron chi connectivity index (χ0n) is 11.2. The summed E-state index contributed by atoms with van der Waals surface area (Å²) in [6, 6.07) is 7.50. The van der Waals surface area contributed by atoms with Gasteiger partial charge < -0.3 is 5.73 Å². The van der Waals surface area contributed by atoms with Gasteiger partial charge in [0.25, 0.3) is 5.56 Å². The van der Waals surface area contributed by atoms with Crippen molar-refractivity contribution < 1.29 is 0 Å². The van der Waals surface area contributed by atoms with E-state index in [0.717, 1.165) is 24.1 Å². The van der Waals surface area contributed by atoms with Gasteiger partial charge in [0.15, 0.2) is 0 Å². The minimum Gasteiger partial charge on any atom is -0.393 e. The summed E-state index contributed by atoms with van der Waals surface area (Å²) in [4.78, 5) is 12.2. The molecule has 0 atom stereocenters. The summed E-state index contributed by atoms with van der Waals surface area (Å²) in [5, 5.41) is 0.668. The van der Waals surface area contributed by atoms with Crippen molar-refractivity contribution in [3.05, 3.63) is 50.9 Å². The Labute approximate surface area is 117 Å². The van der Waals surface area contributed by atoms with Gasteiger partial charge in [0.1, 0.15) is 5.69 Å². The van der Waals surface area contributed by atoms with E-state index >= 15 is 0 Å². The fourth-order valence-electron chi connectivity index (χ4n) is 2.24. The number of rotatable bonds is 4. The van der Waals surface area contributed by atoms with Gasteiger partial charge in [-0.1, -0.05) is 37.1 Å². The maximum absolute atomic E-state index is 12.2. The van der Waals surface area contributed by atoms with Crippen molar-refractivity contribution in [3.63, 3.8) is 0 Å². The predicted molar refractivity (Wildman–Crippen MR) is 78.6 cm³/mol. The molecule has 4 nitrogen and oxygen atoms in total. The number of benzene rings is 1. The molecule has 0 amide bonds. The average molecular weight is 280 g/mol. The van der Waals surface area contributed by atoms with Crippen molar-refractivity contribution in [2.75, 3.05) is 5.73 Å². The van der Waals surface area contributed by atoms with Crippen LogP contribution in [0.25, 0.3) is 0 Å². The summed E-state index contributed by atoms with van der Waals surface area (Å²) in [6.45, 7) is 2.54. The number of aromatic nitrogens is 2. The maximum Gasteiger partial charge on any atom is 0.290 e. The SMILES string of the molecule is CCCc1c(N)c(=O)n(Cc2cccc(Cl)c2)n1C. The highest BCUT2D eigenvalue weighted by molar-refractivity contribution is 6.30. The second kappa shape index (κ2) is 5.53. The molecule has 0 spiro atoms. The van der Waals surface area contributed by atoms with Crippen LogP contribution in [0.15, 0.2) is 29.1 Å². The Morgan fingerprint density at radius 2 is 2.11 bits per heavy atom. The molecule has 0 aliphatic heterocycles. The standard InChI is InChI=1S/C14H18ClN3O/c1-3-5-12-13(16)14(19)18(17(12)2)9-10-6-4-7-11(15)8-10/h4,6-8H,3,5,9,16H2,1-2H3. The van der Waals surface area contributed by atoms with Gasteiger partial charge >= 0.3 is 0 Å². The van der Waals surface area contributed by atoms with Gasteiger partial charge in [-0.15, -0.1) is 0 Å². The summed E-state index contributed by atoms with van der Waals surface area (Å²) < 4.78 is 3.49. The fraction of sp³-hybridized carbons (Fsp3) is 0.357. The van der Waals surface area contributed by atoms with Crippen molar-refractivity contribution in [2.45, 2.75) is 26.3 Å². The van der Waals surface area contributed by atoms with Crippen LogP contribution >= 0.6 is 11.6 Å². The van der Waals surface area contributed by atoms with Gasteiger partial charge in [-0.05, 0) is 24.1 Å². The van der Waals surface area contributed by atoms with Crippen LogP contribution < -0.4 is 11.3 Å². The van der Waals surface area contributed by atoms with Crippen LogP contribution in [0.5, 0.6) is 0 Å². The molecule has 0 saturated heterocycles. The Bertz CT molecular complexity index is 643. The molecular formula is C14H18ClN3O. The molecule has 1 aromatic heterocycles. The fourth-order valence-corrected chi connectivity index (χ4v) is 2.45. The molecule has 0 fully saturated rings. The molecule has 1 heterocycles. The summed E-state index contributed by atoms with van der Waals surface area (Å²) >= 11 is 5.96. The van der Waals surface area contributed by atoms with Gasteiger partial charge in [0, 0.05) is 12.1 Å². The molecule has 2 N–H and O–H groups in total. The first kappa shape index (κ1) is 13.7. The molecule has 0 unspecified atom stereocenters. The maximum atomic E-state index is 12.2. The van der Waals surface area contributed by atoms with Gasteiger partial charge in [-0.2, -0.15) is 0 Å². The lowest BCUT2D eigenvalue weighted by molar-refractivity contribution is 0.516. The number of nitrogens with two attached hydrogens (primary N) is 1. The van der Waals surface area contributed by atoms with Gasteiger partial charge in [-0.25, -0.2) is 4.68 Å². The van der Waals surface area contributed by atoms with Crippen LogP contribution in [0.1, 0.15) is 24.6 Å². The lowest BCUT2D eigenvalue weighted by Gasteiger charge is -2.10. The zero-order chi connectivity index (χ0) is 14.0. The van der Waals surface area contributed by atoms with Crippen molar-refractivity contribution in [1.29, 1.82) is 0 Å². The Morgan fingerprint density at radius 1 is 1.37 bits per heavy atom. The van der Waals surface area contributed by atoms with Gasteiger partial charge in [0.05, 0.1) is 12.2 Å². The summed E-state index contributed by atoms with van der Waals surface area (Å²) in [7, 11) is 1.87. The van der Waals surface area contributed by atoms with E-state index < -0.39 is 0 Å². The molecule has 1 aromatic carbocycles. The Kier molecular flexibility index (Phi) is 4.00. The van der Waals surface area contributed by atoms with Crippen LogP contribution in [0, 0.1) is 0 Å². The van der Waals surface area contributed by atoms with Crippen molar-refractivity contribution in [2.24, 2.45) is 7.05 Å². The molecule has 0 bridgehead atoms. The first-order valence-electron chi connectivity index (χ1n) is 6.33. The van der Waals surface area contributed by atoms with Crippen LogP contribution in [0.4, 0.5) is 5.69 Å². The largest absolute Gasteiger partial charge is 0.393 e. The van der Waals surface area contributed by atoms with Crippen molar-refractivity contribution in [3.8, 4) is 0 Å². The number of hydrogen-bond acceptors (Lipinski definition) is 2. The Morgan fingerprint density at radius 3 is 2.74 bits per heavy atom. The molecule has 19 heavy (non-hydrogen) atoms. The van der Waals surface area contributed by atoms with E-state index in [1.807, 2.05) is 36.0 Å². The Balaban J connectivity index is 2.41. The quantitative estimate of drug-likeness (QED) is 0.934. The lowest BCUT2D eigenvalue weighted by Crippen LogP contribution is -2.23. The Hall–Kier alpha value is -1.68. The first-order chi connectivity index (χ1) is 9.04. The van der Waals surface area contributed by atoms with E-state index in [0.29, 0.717) is 17.3 Å². The highest BCUT2D eigenvalue weighted by Gasteiger charge is 2.14. The summed E-state index contributed by atoms with van der Waals surface area (Å²) in [6.07, 6.45) is 1.76. The van der Waals surface area contributed by atoms with Gasteiger partial charge in [0.2, 0.25) is 0 Å². The summed E-state index contributed by atoms with van der Waals surface area (Å²) in [5.74, 6) is 0. The average Bonchev–Trinajstić information content (AvgIpc) is 2.57.